The summed E-state index contributed by atoms with van der Waals surface area (Å²) in [5, 5.41) is 13.9. The molecule has 3 nitrogen and oxygen atoms in total. The van der Waals surface area contributed by atoms with Gasteiger partial charge in [0, 0.05) is 22.1 Å². The van der Waals surface area contributed by atoms with Gasteiger partial charge in [0.1, 0.15) is 0 Å². The lowest BCUT2D eigenvalue weighted by Crippen LogP contribution is -2.37. The van der Waals surface area contributed by atoms with E-state index in [2.05, 4.69) is 5.32 Å². The highest BCUT2D eigenvalue weighted by atomic mass is 35.5. The normalized spacial score (nSPS) is 24.4. The average molecular weight is 316 g/mol. The maximum Gasteiger partial charge on any atom is 0.306 e. The van der Waals surface area contributed by atoms with Crippen LogP contribution in [0.3, 0.4) is 0 Å². The molecular weight excluding hydrogens is 297 g/mol. The van der Waals surface area contributed by atoms with Crippen LogP contribution in [0.2, 0.25) is 10.0 Å². The van der Waals surface area contributed by atoms with Gasteiger partial charge in [0.25, 0.3) is 0 Å². The first-order chi connectivity index (χ1) is 9.47. The lowest BCUT2D eigenvalue weighted by Gasteiger charge is -2.30. The van der Waals surface area contributed by atoms with E-state index in [-0.39, 0.29) is 18.0 Å². The molecule has 0 heterocycles. The number of carboxylic acids is 1. The highest BCUT2D eigenvalue weighted by molar-refractivity contribution is 6.35. The van der Waals surface area contributed by atoms with Crippen LogP contribution in [-0.4, -0.2) is 17.1 Å². The van der Waals surface area contributed by atoms with Gasteiger partial charge in [-0.2, -0.15) is 0 Å². The van der Waals surface area contributed by atoms with Crippen molar-refractivity contribution in [2.24, 2.45) is 5.92 Å². The van der Waals surface area contributed by atoms with Crippen molar-refractivity contribution < 1.29 is 9.90 Å². The SMILES string of the molecule is CC(NC1CCCC(C(=O)O)C1)c1ccc(Cl)cc1Cl. The van der Waals surface area contributed by atoms with Crippen molar-refractivity contribution in [3.8, 4) is 0 Å². The molecule has 0 aliphatic heterocycles. The third kappa shape index (κ3) is 3.87. The summed E-state index contributed by atoms with van der Waals surface area (Å²) in [5.74, 6) is -0.914. The van der Waals surface area contributed by atoms with Crippen molar-refractivity contribution in [1.82, 2.24) is 5.32 Å². The van der Waals surface area contributed by atoms with Gasteiger partial charge in [0.15, 0.2) is 0 Å². The molecule has 1 aromatic carbocycles. The van der Waals surface area contributed by atoms with Gasteiger partial charge in [0.2, 0.25) is 0 Å². The number of benzene rings is 1. The predicted molar refractivity (Wildman–Crippen MR) is 81.4 cm³/mol. The van der Waals surface area contributed by atoms with Crippen molar-refractivity contribution in [3.63, 3.8) is 0 Å². The molecule has 3 unspecified atom stereocenters. The zero-order valence-corrected chi connectivity index (χ0v) is 12.9. The number of halogens is 2. The van der Waals surface area contributed by atoms with Gasteiger partial charge in [-0.3, -0.25) is 4.79 Å². The van der Waals surface area contributed by atoms with Crippen molar-refractivity contribution in [2.45, 2.75) is 44.7 Å². The van der Waals surface area contributed by atoms with Crippen molar-refractivity contribution in [1.29, 1.82) is 0 Å². The zero-order valence-electron chi connectivity index (χ0n) is 11.4. The maximum absolute atomic E-state index is 11.1. The second-order valence-corrected chi connectivity index (χ2v) is 6.30. The first kappa shape index (κ1) is 15.6. The number of aliphatic carboxylic acids is 1. The molecule has 1 fully saturated rings. The van der Waals surface area contributed by atoms with E-state index >= 15 is 0 Å². The molecule has 2 N–H and O–H groups in total. The molecule has 110 valence electrons. The average Bonchev–Trinajstić information content (AvgIpc) is 2.38. The van der Waals surface area contributed by atoms with E-state index in [4.69, 9.17) is 28.3 Å². The van der Waals surface area contributed by atoms with Crippen LogP contribution in [-0.2, 0) is 4.79 Å². The third-order valence-electron chi connectivity index (χ3n) is 3.94. The smallest absolute Gasteiger partial charge is 0.306 e. The summed E-state index contributed by atoms with van der Waals surface area (Å²) in [6, 6.07) is 5.78. The number of hydrogen-bond donors (Lipinski definition) is 2. The molecule has 1 saturated carbocycles. The Balaban J connectivity index is 2.00. The Morgan fingerprint density at radius 2 is 2.15 bits per heavy atom. The summed E-state index contributed by atoms with van der Waals surface area (Å²) in [4.78, 5) is 11.1. The number of carbonyl (C=O) groups is 1. The van der Waals surface area contributed by atoms with E-state index in [0.717, 1.165) is 24.8 Å². The highest BCUT2D eigenvalue weighted by Gasteiger charge is 2.27. The van der Waals surface area contributed by atoms with Crippen LogP contribution in [0.5, 0.6) is 0 Å². The van der Waals surface area contributed by atoms with Gasteiger partial charge in [0.05, 0.1) is 5.92 Å². The molecule has 2 rings (SSSR count). The largest absolute Gasteiger partial charge is 0.481 e. The Kier molecular flexibility index (Phi) is 5.30. The molecule has 0 radical (unpaired) electrons. The molecule has 5 heteroatoms. The van der Waals surface area contributed by atoms with E-state index in [9.17, 15) is 4.79 Å². The van der Waals surface area contributed by atoms with Gasteiger partial charge in [-0.15, -0.1) is 0 Å². The van der Waals surface area contributed by atoms with Crippen LogP contribution in [0, 0.1) is 5.92 Å². The molecule has 0 spiro atoms. The Labute approximate surface area is 129 Å². The first-order valence-corrected chi connectivity index (χ1v) is 7.66. The number of rotatable bonds is 4. The Bertz CT molecular complexity index is 493. The van der Waals surface area contributed by atoms with Crippen LogP contribution in [0.25, 0.3) is 0 Å². The van der Waals surface area contributed by atoms with E-state index in [1.807, 2.05) is 19.1 Å². The summed E-state index contributed by atoms with van der Waals surface area (Å²) >= 11 is 12.1. The number of carboxylic acid groups (broad SMARTS) is 1. The van der Waals surface area contributed by atoms with E-state index < -0.39 is 5.97 Å². The molecular formula is C15H19Cl2NO2. The molecule has 1 aromatic rings. The van der Waals surface area contributed by atoms with E-state index in [1.54, 1.807) is 6.07 Å². The fraction of sp³-hybridized carbons (Fsp3) is 0.533. The minimum absolute atomic E-state index is 0.0808. The van der Waals surface area contributed by atoms with Gasteiger partial charge >= 0.3 is 5.97 Å². The van der Waals surface area contributed by atoms with Crippen LogP contribution in [0.1, 0.15) is 44.2 Å². The summed E-state index contributed by atoms with van der Waals surface area (Å²) in [7, 11) is 0. The molecule has 0 bridgehead atoms. The van der Waals surface area contributed by atoms with E-state index in [0.29, 0.717) is 16.5 Å². The minimum Gasteiger partial charge on any atom is -0.481 e. The first-order valence-electron chi connectivity index (χ1n) is 6.91. The fourth-order valence-electron chi connectivity index (χ4n) is 2.86. The quantitative estimate of drug-likeness (QED) is 0.871. The second-order valence-electron chi connectivity index (χ2n) is 5.45. The van der Waals surface area contributed by atoms with Crippen molar-refractivity contribution in [2.75, 3.05) is 0 Å². The minimum atomic E-state index is -0.686. The lowest BCUT2D eigenvalue weighted by molar-refractivity contribution is -0.143. The standard InChI is InChI=1S/C15H19Cl2NO2/c1-9(13-6-5-11(16)8-14(13)17)18-12-4-2-3-10(7-12)15(19)20/h5-6,8-10,12,18H,2-4,7H2,1H3,(H,19,20). The summed E-state index contributed by atoms with van der Waals surface area (Å²) in [6.07, 6.45) is 3.43. The molecule has 1 aliphatic rings. The summed E-state index contributed by atoms with van der Waals surface area (Å²) in [6.45, 7) is 2.04. The monoisotopic (exact) mass is 315 g/mol. The molecule has 1 aliphatic carbocycles. The highest BCUT2D eigenvalue weighted by Crippen LogP contribution is 2.29. The molecule has 0 aromatic heterocycles. The predicted octanol–water partition coefficient (Wildman–Crippen LogP) is 4.29. The summed E-state index contributed by atoms with van der Waals surface area (Å²) in [5.41, 5.74) is 0.994. The van der Waals surface area contributed by atoms with Gasteiger partial charge < -0.3 is 10.4 Å². The fourth-order valence-corrected chi connectivity index (χ4v) is 3.43. The maximum atomic E-state index is 11.1. The second kappa shape index (κ2) is 6.79. The Morgan fingerprint density at radius 3 is 2.80 bits per heavy atom. The third-order valence-corrected chi connectivity index (χ3v) is 4.50. The lowest BCUT2D eigenvalue weighted by atomic mass is 9.85. The molecule has 0 saturated heterocycles. The number of hydrogen-bond acceptors (Lipinski definition) is 2. The van der Waals surface area contributed by atoms with Crippen LogP contribution in [0.15, 0.2) is 18.2 Å². The summed E-state index contributed by atoms with van der Waals surface area (Å²) < 4.78 is 0. The van der Waals surface area contributed by atoms with Gasteiger partial charge in [-0.1, -0.05) is 35.7 Å². The van der Waals surface area contributed by atoms with Crippen molar-refractivity contribution in [3.05, 3.63) is 33.8 Å². The van der Waals surface area contributed by atoms with Gasteiger partial charge in [-0.05, 0) is 43.9 Å². The molecule has 3 atom stereocenters. The van der Waals surface area contributed by atoms with Crippen LogP contribution < -0.4 is 5.32 Å². The zero-order chi connectivity index (χ0) is 14.7. The van der Waals surface area contributed by atoms with Crippen LogP contribution in [0.4, 0.5) is 0 Å². The Morgan fingerprint density at radius 1 is 1.40 bits per heavy atom. The van der Waals surface area contributed by atoms with Crippen LogP contribution >= 0.6 is 23.2 Å². The Hall–Kier alpha value is -0.770. The molecule has 20 heavy (non-hydrogen) atoms. The number of nitrogens with one attached hydrogen (secondary N) is 1. The van der Waals surface area contributed by atoms with Gasteiger partial charge in [-0.25, -0.2) is 0 Å². The molecule has 0 amide bonds. The topological polar surface area (TPSA) is 49.3 Å². The van der Waals surface area contributed by atoms with E-state index in [1.165, 1.54) is 0 Å². The van der Waals surface area contributed by atoms with Crippen molar-refractivity contribution >= 4 is 29.2 Å².